The van der Waals surface area contributed by atoms with Crippen LogP contribution in [0.1, 0.15) is 21.5 Å². The van der Waals surface area contributed by atoms with Gasteiger partial charge < -0.3 is 14.2 Å². The zero-order valence-electron chi connectivity index (χ0n) is 16.4. The molecule has 0 aromatic heterocycles. The number of hydrogen-bond donors (Lipinski definition) is 0. The summed E-state index contributed by atoms with van der Waals surface area (Å²) in [5, 5.41) is 0. The molecule has 0 aliphatic rings. The van der Waals surface area contributed by atoms with E-state index in [2.05, 4.69) is 0 Å². The number of hydrogen-bond acceptors (Lipinski definition) is 5. The van der Waals surface area contributed by atoms with E-state index in [1.165, 1.54) is 31.0 Å². The minimum absolute atomic E-state index is 0.193. The van der Waals surface area contributed by atoms with Gasteiger partial charge in [-0.1, -0.05) is 42.1 Å². The fourth-order valence-corrected chi connectivity index (χ4v) is 3.82. The molecule has 0 heterocycles. The lowest BCUT2D eigenvalue weighted by atomic mass is 10.1. The van der Waals surface area contributed by atoms with Crippen molar-refractivity contribution in [3.05, 3.63) is 83.2 Å². The lowest BCUT2D eigenvalue weighted by Gasteiger charge is -2.14. The van der Waals surface area contributed by atoms with Crippen LogP contribution in [0.15, 0.2) is 70.5 Å². The van der Waals surface area contributed by atoms with Crippen LogP contribution in [0.4, 0.5) is 4.39 Å². The Balaban J connectivity index is 1.85. The molecule has 0 saturated heterocycles. The monoisotopic (exact) mass is 412 g/mol. The third-order valence-corrected chi connectivity index (χ3v) is 5.47. The van der Waals surface area contributed by atoms with Crippen molar-refractivity contribution >= 4 is 17.7 Å². The second kappa shape index (κ2) is 9.47. The number of ether oxygens (including phenoxy) is 3. The molecule has 6 heteroatoms. The fraction of sp³-hybridized carbons (Fsp3) is 0.174. The van der Waals surface area contributed by atoms with Gasteiger partial charge in [0.2, 0.25) is 0 Å². The zero-order chi connectivity index (χ0) is 20.8. The molecule has 3 aromatic rings. The molecule has 4 nitrogen and oxygen atoms in total. The number of benzene rings is 3. The predicted molar refractivity (Wildman–Crippen MR) is 110 cm³/mol. The van der Waals surface area contributed by atoms with E-state index in [0.717, 1.165) is 10.5 Å². The lowest BCUT2D eigenvalue weighted by Crippen LogP contribution is -2.05. The number of rotatable bonds is 7. The molecule has 0 radical (unpaired) electrons. The second-order valence-electron chi connectivity index (χ2n) is 6.28. The maximum atomic E-state index is 13.8. The molecule has 0 aliphatic heterocycles. The Hall–Kier alpha value is -2.99. The SMILES string of the molecule is COC(=O)c1cc(F)cc(C)c1Sc1ccc(OCc2ccccc2)c(OC)c1. The first-order chi connectivity index (χ1) is 14.0. The lowest BCUT2D eigenvalue weighted by molar-refractivity contribution is 0.0596. The molecular formula is C23H21FO4S. The van der Waals surface area contributed by atoms with Crippen molar-refractivity contribution in [2.45, 2.75) is 23.3 Å². The summed E-state index contributed by atoms with van der Waals surface area (Å²) < 4.78 is 29.9. The van der Waals surface area contributed by atoms with E-state index < -0.39 is 11.8 Å². The van der Waals surface area contributed by atoms with Crippen molar-refractivity contribution in [2.24, 2.45) is 0 Å². The number of halogens is 1. The van der Waals surface area contributed by atoms with Crippen LogP contribution in [-0.2, 0) is 11.3 Å². The van der Waals surface area contributed by atoms with E-state index in [1.54, 1.807) is 14.0 Å². The summed E-state index contributed by atoms with van der Waals surface area (Å²) in [5.74, 6) is 0.134. The molecule has 0 fully saturated rings. The Bertz CT molecular complexity index is 1010. The average molecular weight is 412 g/mol. The van der Waals surface area contributed by atoms with Crippen molar-refractivity contribution in [2.75, 3.05) is 14.2 Å². The van der Waals surface area contributed by atoms with Gasteiger partial charge in [-0.25, -0.2) is 9.18 Å². The van der Waals surface area contributed by atoms with Gasteiger partial charge >= 0.3 is 5.97 Å². The second-order valence-corrected chi connectivity index (χ2v) is 7.36. The van der Waals surface area contributed by atoms with Crippen molar-refractivity contribution in [3.8, 4) is 11.5 Å². The highest BCUT2D eigenvalue weighted by atomic mass is 32.2. The van der Waals surface area contributed by atoms with Crippen LogP contribution in [0.5, 0.6) is 11.5 Å². The summed E-state index contributed by atoms with van der Waals surface area (Å²) in [6, 6.07) is 18.0. The van der Waals surface area contributed by atoms with E-state index in [9.17, 15) is 9.18 Å². The van der Waals surface area contributed by atoms with Crippen molar-refractivity contribution in [3.63, 3.8) is 0 Å². The van der Waals surface area contributed by atoms with Gasteiger partial charge in [-0.05, 0) is 48.4 Å². The van der Waals surface area contributed by atoms with Crippen molar-refractivity contribution < 1.29 is 23.4 Å². The summed E-state index contributed by atoms with van der Waals surface area (Å²) in [5.41, 5.74) is 1.90. The summed E-state index contributed by atoms with van der Waals surface area (Å²) in [7, 11) is 2.85. The maximum Gasteiger partial charge on any atom is 0.339 e. The first-order valence-corrected chi connectivity index (χ1v) is 9.74. The molecule has 3 aromatic carbocycles. The number of carbonyl (C=O) groups is 1. The molecule has 29 heavy (non-hydrogen) atoms. The van der Waals surface area contributed by atoms with Crippen LogP contribution < -0.4 is 9.47 Å². The number of methoxy groups -OCH3 is 2. The Kier molecular flexibility index (Phi) is 6.77. The first-order valence-electron chi connectivity index (χ1n) is 8.93. The van der Waals surface area contributed by atoms with Crippen molar-refractivity contribution in [1.82, 2.24) is 0 Å². The number of aryl methyl sites for hydroxylation is 1. The van der Waals surface area contributed by atoms with Crippen LogP contribution in [0, 0.1) is 12.7 Å². The molecule has 0 amide bonds. The number of esters is 1. The van der Waals surface area contributed by atoms with E-state index in [-0.39, 0.29) is 5.56 Å². The molecule has 0 N–H and O–H groups in total. The highest BCUT2D eigenvalue weighted by molar-refractivity contribution is 7.99. The molecule has 150 valence electrons. The fourth-order valence-electron chi connectivity index (χ4n) is 2.81. The molecule has 0 bridgehead atoms. The van der Waals surface area contributed by atoms with Gasteiger partial charge in [0.05, 0.1) is 19.8 Å². The summed E-state index contributed by atoms with van der Waals surface area (Å²) in [6.07, 6.45) is 0. The third kappa shape index (κ3) is 5.09. The largest absolute Gasteiger partial charge is 0.493 e. The summed E-state index contributed by atoms with van der Waals surface area (Å²) >= 11 is 1.34. The molecule has 0 saturated carbocycles. The standard InChI is InChI=1S/C23H21FO4S/c1-15-11-17(24)12-19(23(25)27-3)22(15)29-18-9-10-20(21(13-18)26-2)28-14-16-7-5-4-6-8-16/h4-13H,14H2,1-3H3. The summed E-state index contributed by atoms with van der Waals surface area (Å²) in [4.78, 5) is 13.5. The van der Waals surface area contributed by atoms with Gasteiger partial charge in [-0.15, -0.1) is 0 Å². The molecule has 0 aliphatic carbocycles. The molecule has 3 rings (SSSR count). The van der Waals surface area contributed by atoms with Gasteiger partial charge in [0.15, 0.2) is 11.5 Å². The molecule has 0 atom stereocenters. The highest BCUT2D eigenvalue weighted by Gasteiger charge is 2.18. The van der Waals surface area contributed by atoms with Gasteiger partial charge in [0.1, 0.15) is 12.4 Å². The van der Waals surface area contributed by atoms with Crippen molar-refractivity contribution in [1.29, 1.82) is 0 Å². The van der Waals surface area contributed by atoms with Crippen LogP contribution >= 0.6 is 11.8 Å². The van der Waals surface area contributed by atoms with E-state index in [1.807, 2.05) is 48.5 Å². The Morgan fingerprint density at radius 2 is 1.76 bits per heavy atom. The smallest absolute Gasteiger partial charge is 0.339 e. The maximum absolute atomic E-state index is 13.8. The molecule has 0 unspecified atom stereocenters. The van der Waals surface area contributed by atoms with E-state index in [0.29, 0.717) is 28.6 Å². The number of carbonyl (C=O) groups excluding carboxylic acids is 1. The van der Waals surface area contributed by atoms with Gasteiger partial charge in [0.25, 0.3) is 0 Å². The highest BCUT2D eigenvalue weighted by Crippen LogP contribution is 2.38. The zero-order valence-corrected chi connectivity index (χ0v) is 17.2. The predicted octanol–water partition coefficient (Wildman–Crippen LogP) is 5.66. The van der Waals surface area contributed by atoms with Crippen LogP contribution in [0.2, 0.25) is 0 Å². The van der Waals surface area contributed by atoms with Crippen LogP contribution in [0.25, 0.3) is 0 Å². The minimum Gasteiger partial charge on any atom is -0.493 e. The normalized spacial score (nSPS) is 10.5. The Morgan fingerprint density at radius 1 is 1.00 bits per heavy atom. The molecule has 0 spiro atoms. The summed E-state index contributed by atoms with van der Waals surface area (Å²) in [6.45, 7) is 2.18. The van der Waals surface area contributed by atoms with Gasteiger partial charge in [-0.3, -0.25) is 0 Å². The quantitative estimate of drug-likeness (QED) is 0.469. The Labute approximate surface area is 173 Å². The first kappa shape index (κ1) is 20.7. The minimum atomic E-state index is -0.579. The topological polar surface area (TPSA) is 44.8 Å². The Morgan fingerprint density at radius 3 is 2.45 bits per heavy atom. The average Bonchev–Trinajstić information content (AvgIpc) is 2.74. The van der Waals surface area contributed by atoms with Gasteiger partial charge in [-0.2, -0.15) is 0 Å². The van der Waals surface area contributed by atoms with Crippen LogP contribution in [0.3, 0.4) is 0 Å². The molecular weight excluding hydrogens is 391 g/mol. The third-order valence-electron chi connectivity index (χ3n) is 4.24. The van der Waals surface area contributed by atoms with Gasteiger partial charge in [0, 0.05) is 9.79 Å². The van der Waals surface area contributed by atoms with Crippen LogP contribution in [-0.4, -0.2) is 20.2 Å². The van der Waals surface area contributed by atoms with E-state index in [4.69, 9.17) is 14.2 Å². The van der Waals surface area contributed by atoms with E-state index >= 15 is 0 Å².